The lowest BCUT2D eigenvalue weighted by molar-refractivity contribution is -0.107. The molecule has 1 heterocycles. The van der Waals surface area contributed by atoms with Gasteiger partial charge in [0, 0.05) is 18.4 Å². The van der Waals surface area contributed by atoms with Crippen molar-refractivity contribution in [3.8, 4) is 0 Å². The number of furan rings is 1. The first kappa shape index (κ1) is 8.30. The molecule has 0 fully saturated rings. The van der Waals surface area contributed by atoms with Crippen LogP contribution in [0.2, 0.25) is 0 Å². The monoisotopic (exact) mass is 176 g/mol. The molecular weight excluding hydrogens is 164 g/mol. The first-order valence-electron chi connectivity index (χ1n) is 4.52. The van der Waals surface area contributed by atoms with Gasteiger partial charge in [-0.15, -0.1) is 0 Å². The fraction of sp³-hybridized carbons (Fsp3) is 0.364. The zero-order valence-electron chi connectivity index (χ0n) is 7.67. The van der Waals surface area contributed by atoms with Gasteiger partial charge in [0.05, 0.1) is 6.26 Å². The quantitative estimate of drug-likeness (QED) is 0.648. The van der Waals surface area contributed by atoms with Gasteiger partial charge in [0.25, 0.3) is 0 Å². The number of carbonyl (C=O) groups is 1. The molecule has 1 aromatic heterocycles. The number of allylic oxidation sites excluding steroid dienone is 2. The van der Waals surface area contributed by atoms with Crippen molar-refractivity contribution in [3.05, 3.63) is 29.2 Å². The third kappa shape index (κ3) is 1.32. The van der Waals surface area contributed by atoms with Crippen molar-refractivity contribution in [2.45, 2.75) is 26.2 Å². The van der Waals surface area contributed by atoms with E-state index in [1.54, 1.807) is 6.26 Å². The molecular formula is C11H12O2. The number of aryl methyl sites for hydroxylation is 1. The average Bonchev–Trinajstić information content (AvgIpc) is 2.58. The van der Waals surface area contributed by atoms with Crippen LogP contribution in [0, 0.1) is 0 Å². The lowest BCUT2D eigenvalue weighted by Gasteiger charge is -2.15. The highest BCUT2D eigenvalue weighted by atomic mass is 16.3. The van der Waals surface area contributed by atoms with Crippen LogP contribution in [0.4, 0.5) is 0 Å². The maximum absolute atomic E-state index is 10.5. The van der Waals surface area contributed by atoms with Gasteiger partial charge in [-0.1, -0.05) is 5.57 Å². The number of rotatable bonds is 2. The van der Waals surface area contributed by atoms with Crippen LogP contribution in [0.5, 0.6) is 0 Å². The summed E-state index contributed by atoms with van der Waals surface area (Å²) in [5.74, 6) is 1.03. The van der Waals surface area contributed by atoms with Crippen LogP contribution in [0.25, 0.3) is 5.57 Å². The number of hydrogen-bond donors (Lipinski definition) is 0. The first-order chi connectivity index (χ1) is 6.33. The maximum Gasteiger partial charge on any atom is 0.124 e. The Hall–Kier alpha value is -1.31. The van der Waals surface area contributed by atoms with Crippen molar-refractivity contribution in [1.82, 2.24) is 0 Å². The van der Waals surface area contributed by atoms with E-state index in [-0.39, 0.29) is 0 Å². The van der Waals surface area contributed by atoms with Gasteiger partial charge in [-0.2, -0.15) is 0 Å². The van der Waals surface area contributed by atoms with Crippen LogP contribution in [0.1, 0.15) is 31.1 Å². The summed E-state index contributed by atoms with van der Waals surface area (Å²) in [6, 6.07) is 1.96. The molecule has 1 aliphatic carbocycles. The third-order valence-electron chi connectivity index (χ3n) is 2.60. The van der Waals surface area contributed by atoms with Crippen LogP contribution in [-0.2, 0) is 11.2 Å². The molecule has 1 aromatic rings. The minimum atomic E-state index is 0.512. The van der Waals surface area contributed by atoms with Crippen molar-refractivity contribution in [2.24, 2.45) is 0 Å². The van der Waals surface area contributed by atoms with E-state index in [2.05, 4.69) is 6.92 Å². The van der Waals surface area contributed by atoms with E-state index in [1.807, 2.05) is 6.07 Å². The number of carbonyl (C=O) groups excluding carboxylic acids is 1. The van der Waals surface area contributed by atoms with Gasteiger partial charge in [0.15, 0.2) is 0 Å². The van der Waals surface area contributed by atoms with Gasteiger partial charge in [-0.05, 0) is 25.0 Å². The van der Waals surface area contributed by atoms with Crippen LogP contribution in [0.3, 0.4) is 0 Å². The molecule has 0 spiro atoms. The summed E-state index contributed by atoms with van der Waals surface area (Å²) in [6.45, 7) is 2.09. The summed E-state index contributed by atoms with van der Waals surface area (Å²) < 4.78 is 5.33. The zero-order valence-corrected chi connectivity index (χ0v) is 7.67. The second-order valence-corrected chi connectivity index (χ2v) is 3.39. The fourth-order valence-electron chi connectivity index (χ4n) is 1.85. The Morgan fingerprint density at radius 3 is 3.15 bits per heavy atom. The summed E-state index contributed by atoms with van der Waals surface area (Å²) in [4.78, 5) is 10.5. The Kier molecular flexibility index (Phi) is 2.05. The molecule has 68 valence electrons. The third-order valence-corrected chi connectivity index (χ3v) is 2.60. The van der Waals surface area contributed by atoms with Crippen molar-refractivity contribution in [2.75, 3.05) is 0 Å². The Morgan fingerprint density at radius 2 is 2.38 bits per heavy atom. The molecule has 0 aliphatic heterocycles. The minimum absolute atomic E-state index is 0.512. The fourth-order valence-corrected chi connectivity index (χ4v) is 1.85. The summed E-state index contributed by atoms with van der Waals surface area (Å²) in [5.41, 5.74) is 3.61. The second-order valence-electron chi connectivity index (χ2n) is 3.39. The highest BCUT2D eigenvalue weighted by Gasteiger charge is 2.18. The Morgan fingerprint density at radius 1 is 1.54 bits per heavy atom. The van der Waals surface area contributed by atoms with Crippen LogP contribution in [0.15, 0.2) is 22.3 Å². The summed E-state index contributed by atoms with van der Waals surface area (Å²) in [5, 5.41) is 0. The van der Waals surface area contributed by atoms with Gasteiger partial charge in [-0.3, -0.25) is 0 Å². The zero-order chi connectivity index (χ0) is 9.26. The molecule has 0 unspecified atom stereocenters. The molecule has 0 saturated carbocycles. The molecule has 0 saturated heterocycles. The van der Waals surface area contributed by atoms with Crippen LogP contribution in [-0.4, -0.2) is 6.29 Å². The van der Waals surface area contributed by atoms with Gasteiger partial charge >= 0.3 is 0 Å². The van der Waals surface area contributed by atoms with Gasteiger partial charge in [0.2, 0.25) is 0 Å². The minimum Gasteiger partial charge on any atom is -0.469 e. The molecule has 13 heavy (non-hydrogen) atoms. The number of fused-ring (bicyclic) bond motifs is 1. The molecule has 0 radical (unpaired) electrons. The summed E-state index contributed by atoms with van der Waals surface area (Å²) >= 11 is 0. The standard InChI is InChI=1S/C11H12O2/c1-8-2-3-11-10(5-7-13-11)9(8)4-6-12/h5-7H,2-4H2,1H3. The van der Waals surface area contributed by atoms with E-state index >= 15 is 0 Å². The Balaban J connectivity index is 2.46. The van der Waals surface area contributed by atoms with E-state index in [4.69, 9.17) is 4.42 Å². The maximum atomic E-state index is 10.5. The Bertz CT molecular complexity index is 358. The van der Waals surface area contributed by atoms with E-state index in [9.17, 15) is 4.79 Å². The lowest BCUT2D eigenvalue weighted by atomic mass is 9.89. The predicted molar refractivity (Wildman–Crippen MR) is 50.3 cm³/mol. The number of aldehydes is 1. The van der Waals surface area contributed by atoms with Crippen LogP contribution < -0.4 is 0 Å². The highest BCUT2D eigenvalue weighted by Crippen LogP contribution is 2.33. The van der Waals surface area contributed by atoms with Crippen molar-refractivity contribution in [1.29, 1.82) is 0 Å². The molecule has 0 N–H and O–H groups in total. The van der Waals surface area contributed by atoms with Crippen molar-refractivity contribution >= 4 is 11.9 Å². The van der Waals surface area contributed by atoms with Gasteiger partial charge in [-0.25, -0.2) is 0 Å². The van der Waals surface area contributed by atoms with E-state index in [0.717, 1.165) is 36.0 Å². The van der Waals surface area contributed by atoms with E-state index in [1.165, 1.54) is 5.57 Å². The highest BCUT2D eigenvalue weighted by molar-refractivity contribution is 5.80. The molecule has 2 nitrogen and oxygen atoms in total. The lowest BCUT2D eigenvalue weighted by Crippen LogP contribution is -2.01. The molecule has 0 aromatic carbocycles. The van der Waals surface area contributed by atoms with Gasteiger partial charge < -0.3 is 9.21 Å². The smallest absolute Gasteiger partial charge is 0.124 e. The molecule has 2 heteroatoms. The number of hydrogen-bond acceptors (Lipinski definition) is 2. The summed E-state index contributed by atoms with van der Waals surface area (Å²) in [6.07, 6.45) is 5.16. The second kappa shape index (κ2) is 3.21. The SMILES string of the molecule is CC1=C(CC=O)c2ccoc2CC1. The molecule has 0 atom stereocenters. The normalized spacial score (nSPS) is 15.8. The van der Waals surface area contributed by atoms with E-state index in [0.29, 0.717) is 6.42 Å². The molecule has 1 aliphatic rings. The Labute approximate surface area is 77.2 Å². The average molecular weight is 176 g/mol. The molecule has 0 bridgehead atoms. The van der Waals surface area contributed by atoms with Crippen molar-refractivity contribution in [3.63, 3.8) is 0 Å². The molecule has 0 amide bonds. The summed E-state index contributed by atoms with van der Waals surface area (Å²) in [7, 11) is 0. The predicted octanol–water partition coefficient (Wildman–Crippen LogP) is 2.59. The van der Waals surface area contributed by atoms with Crippen LogP contribution >= 0.6 is 0 Å². The van der Waals surface area contributed by atoms with Crippen molar-refractivity contribution < 1.29 is 9.21 Å². The largest absolute Gasteiger partial charge is 0.469 e. The van der Waals surface area contributed by atoms with Gasteiger partial charge in [0.1, 0.15) is 12.0 Å². The topological polar surface area (TPSA) is 30.2 Å². The first-order valence-corrected chi connectivity index (χ1v) is 4.52. The molecule has 2 rings (SSSR count). The van der Waals surface area contributed by atoms with E-state index < -0.39 is 0 Å².